The minimum Gasteiger partial charge on any atom is -0.497 e. The van der Waals surface area contributed by atoms with Gasteiger partial charge in [0.1, 0.15) is 11.5 Å². The Bertz CT molecular complexity index is 400. The molecule has 0 spiro atoms. The van der Waals surface area contributed by atoms with Crippen LogP contribution in [-0.4, -0.2) is 17.6 Å². The quantitative estimate of drug-likeness (QED) is 0.827. The Morgan fingerprint density at radius 3 is 2.11 bits per heavy atom. The number of allylic oxidation sites excluding steroid dienone is 1. The molecule has 0 bridgehead atoms. The van der Waals surface area contributed by atoms with Crippen LogP contribution in [-0.2, 0) is 4.79 Å². The zero-order valence-corrected chi connectivity index (χ0v) is 13.3. The van der Waals surface area contributed by atoms with Crippen molar-refractivity contribution in [2.75, 3.05) is 7.11 Å². The van der Waals surface area contributed by atoms with E-state index in [9.17, 15) is 4.79 Å². The van der Waals surface area contributed by atoms with Gasteiger partial charge in [-0.2, -0.15) is 12.6 Å². The first-order chi connectivity index (χ1) is 8.78. The summed E-state index contributed by atoms with van der Waals surface area (Å²) in [6, 6.07) is 7.96. The Kier molecular flexibility index (Phi) is 8.24. The molecule has 3 heteroatoms. The predicted molar refractivity (Wildman–Crippen MR) is 86.1 cm³/mol. The summed E-state index contributed by atoms with van der Waals surface area (Å²) in [5, 5.41) is 0. The van der Waals surface area contributed by atoms with Gasteiger partial charge in [-0.25, -0.2) is 0 Å². The fraction of sp³-hybridized carbons (Fsp3) is 0.438. The zero-order chi connectivity index (χ0) is 14.9. The molecule has 1 rings (SSSR count). The number of carbonyl (C=O) groups excluding carboxylic acids is 1. The SMILES string of the molecule is CC(=O)CC(C)(C)S.CC=Cc1ccc(OC)cc1. The van der Waals surface area contributed by atoms with Crippen molar-refractivity contribution in [3.05, 3.63) is 35.9 Å². The van der Waals surface area contributed by atoms with Crippen molar-refractivity contribution in [3.8, 4) is 5.75 Å². The maximum absolute atomic E-state index is 10.4. The van der Waals surface area contributed by atoms with Gasteiger partial charge >= 0.3 is 0 Å². The molecule has 106 valence electrons. The maximum atomic E-state index is 10.4. The van der Waals surface area contributed by atoms with E-state index in [4.69, 9.17) is 4.74 Å². The topological polar surface area (TPSA) is 26.3 Å². The summed E-state index contributed by atoms with van der Waals surface area (Å²) in [4.78, 5) is 10.4. The van der Waals surface area contributed by atoms with Crippen molar-refractivity contribution in [2.45, 2.75) is 38.9 Å². The third-order valence-electron chi connectivity index (χ3n) is 2.16. The molecule has 0 amide bonds. The van der Waals surface area contributed by atoms with Gasteiger partial charge in [-0.15, -0.1) is 0 Å². The molecule has 0 aliphatic heterocycles. The molecule has 0 aromatic heterocycles. The summed E-state index contributed by atoms with van der Waals surface area (Å²) in [5.74, 6) is 1.10. The minimum absolute atomic E-state index is 0.133. The zero-order valence-electron chi connectivity index (χ0n) is 12.4. The molecule has 1 aromatic rings. The highest BCUT2D eigenvalue weighted by Crippen LogP contribution is 2.16. The molecule has 19 heavy (non-hydrogen) atoms. The molecule has 0 aliphatic carbocycles. The Labute approximate surface area is 122 Å². The molecule has 0 aliphatic rings. The van der Waals surface area contributed by atoms with E-state index in [0.717, 1.165) is 5.75 Å². The van der Waals surface area contributed by atoms with Crippen molar-refractivity contribution in [1.82, 2.24) is 0 Å². The van der Waals surface area contributed by atoms with Crippen molar-refractivity contribution in [3.63, 3.8) is 0 Å². The van der Waals surface area contributed by atoms with Gasteiger partial charge in [0.05, 0.1) is 7.11 Å². The Hall–Kier alpha value is -1.22. The van der Waals surface area contributed by atoms with Crippen molar-refractivity contribution in [2.24, 2.45) is 0 Å². The normalized spacial score (nSPS) is 10.8. The van der Waals surface area contributed by atoms with Crippen molar-refractivity contribution >= 4 is 24.5 Å². The van der Waals surface area contributed by atoms with Gasteiger partial charge in [0, 0.05) is 11.2 Å². The summed E-state index contributed by atoms with van der Waals surface area (Å²) < 4.78 is 4.89. The van der Waals surface area contributed by atoms with E-state index in [0.29, 0.717) is 6.42 Å². The maximum Gasteiger partial charge on any atom is 0.131 e. The average Bonchev–Trinajstić information content (AvgIpc) is 2.28. The number of methoxy groups -OCH3 is 1. The van der Waals surface area contributed by atoms with Gasteiger partial charge in [0.15, 0.2) is 0 Å². The van der Waals surface area contributed by atoms with E-state index in [2.05, 4.69) is 18.7 Å². The summed E-state index contributed by atoms with van der Waals surface area (Å²) >= 11 is 4.17. The van der Waals surface area contributed by atoms with Crippen molar-refractivity contribution < 1.29 is 9.53 Å². The number of carbonyl (C=O) groups is 1. The van der Waals surface area contributed by atoms with E-state index in [1.165, 1.54) is 5.56 Å². The highest BCUT2D eigenvalue weighted by molar-refractivity contribution is 7.81. The van der Waals surface area contributed by atoms with Crippen LogP contribution >= 0.6 is 12.6 Å². The molecule has 0 fully saturated rings. The molecule has 2 nitrogen and oxygen atoms in total. The second kappa shape index (κ2) is 8.81. The average molecular weight is 280 g/mol. The number of ketones is 1. The number of thiol groups is 1. The fourth-order valence-electron chi connectivity index (χ4n) is 1.52. The van der Waals surface area contributed by atoms with Gasteiger partial charge in [-0.05, 0) is 31.5 Å². The van der Waals surface area contributed by atoms with Crippen LogP contribution in [0.3, 0.4) is 0 Å². The molecule has 0 saturated carbocycles. The van der Waals surface area contributed by atoms with E-state index >= 15 is 0 Å². The Morgan fingerprint density at radius 2 is 1.84 bits per heavy atom. The predicted octanol–water partition coefficient (Wildman–Crippen LogP) is 4.40. The van der Waals surface area contributed by atoms with Crippen LogP contribution in [0.2, 0.25) is 0 Å². The second-order valence-electron chi connectivity index (χ2n) is 4.96. The Morgan fingerprint density at radius 1 is 1.32 bits per heavy atom. The highest BCUT2D eigenvalue weighted by Gasteiger charge is 2.12. The third-order valence-corrected chi connectivity index (χ3v) is 2.31. The van der Waals surface area contributed by atoms with Gasteiger partial charge < -0.3 is 4.74 Å². The number of benzene rings is 1. The molecule has 0 N–H and O–H groups in total. The first kappa shape index (κ1) is 17.8. The van der Waals surface area contributed by atoms with E-state index in [1.54, 1.807) is 14.0 Å². The molecule has 0 radical (unpaired) electrons. The summed E-state index contributed by atoms with van der Waals surface area (Å²) in [5.41, 5.74) is 1.20. The lowest BCUT2D eigenvalue weighted by Gasteiger charge is -2.13. The lowest BCUT2D eigenvalue weighted by molar-refractivity contribution is -0.117. The summed E-state index contributed by atoms with van der Waals surface area (Å²) in [6.07, 6.45) is 4.62. The molecule has 0 saturated heterocycles. The number of ether oxygens (including phenoxy) is 1. The largest absolute Gasteiger partial charge is 0.497 e. The smallest absolute Gasteiger partial charge is 0.131 e. The van der Waals surface area contributed by atoms with E-state index in [1.807, 2.05) is 51.1 Å². The molecular weight excluding hydrogens is 256 g/mol. The summed E-state index contributed by atoms with van der Waals surface area (Å²) in [7, 11) is 1.67. The standard InChI is InChI=1S/C10H12O.C6H12OS/c1-3-4-9-5-7-10(11-2)8-6-9;1-5(7)4-6(2,3)8/h3-8H,1-2H3;8H,4H2,1-3H3. The van der Waals surface area contributed by atoms with Crippen LogP contribution in [0, 0.1) is 0 Å². The number of hydrogen-bond donors (Lipinski definition) is 1. The number of hydrogen-bond acceptors (Lipinski definition) is 3. The van der Waals surface area contributed by atoms with Crippen LogP contribution in [0.5, 0.6) is 5.75 Å². The van der Waals surface area contributed by atoms with E-state index < -0.39 is 0 Å². The number of rotatable bonds is 4. The monoisotopic (exact) mass is 280 g/mol. The Balaban J connectivity index is 0.000000362. The molecule has 1 aromatic carbocycles. The lowest BCUT2D eigenvalue weighted by Crippen LogP contribution is -2.14. The molecular formula is C16H24O2S. The van der Waals surface area contributed by atoms with Gasteiger partial charge in [0.25, 0.3) is 0 Å². The number of Topliss-reactive ketones (excluding diaryl/α,β-unsaturated/α-hetero) is 1. The van der Waals surface area contributed by atoms with Gasteiger partial charge in [-0.3, -0.25) is 4.79 Å². The van der Waals surface area contributed by atoms with Crippen LogP contribution in [0.15, 0.2) is 30.3 Å². The van der Waals surface area contributed by atoms with Crippen LogP contribution in [0.25, 0.3) is 6.08 Å². The lowest BCUT2D eigenvalue weighted by atomic mass is 10.1. The fourth-order valence-corrected chi connectivity index (χ4v) is 1.74. The minimum atomic E-state index is -0.133. The van der Waals surface area contributed by atoms with E-state index in [-0.39, 0.29) is 10.5 Å². The van der Waals surface area contributed by atoms with Gasteiger partial charge in [-0.1, -0.05) is 38.1 Å². The van der Waals surface area contributed by atoms with Crippen LogP contribution in [0.4, 0.5) is 0 Å². The molecule has 0 unspecified atom stereocenters. The highest BCUT2D eigenvalue weighted by atomic mass is 32.1. The molecule has 0 heterocycles. The van der Waals surface area contributed by atoms with Crippen molar-refractivity contribution in [1.29, 1.82) is 0 Å². The first-order valence-corrected chi connectivity index (χ1v) is 6.72. The van der Waals surface area contributed by atoms with Crippen LogP contribution in [0.1, 0.15) is 39.7 Å². The second-order valence-corrected chi connectivity index (χ2v) is 6.18. The first-order valence-electron chi connectivity index (χ1n) is 6.27. The summed E-state index contributed by atoms with van der Waals surface area (Å²) in [6.45, 7) is 7.44. The molecule has 0 atom stereocenters. The third kappa shape index (κ3) is 10.4. The van der Waals surface area contributed by atoms with Gasteiger partial charge in [0.2, 0.25) is 0 Å². The van der Waals surface area contributed by atoms with Crippen LogP contribution < -0.4 is 4.74 Å².